The monoisotopic (exact) mass is 463 g/mol. The van der Waals surface area contributed by atoms with E-state index in [1.165, 1.54) is 29.2 Å². The van der Waals surface area contributed by atoms with Gasteiger partial charge in [0.25, 0.3) is 11.7 Å². The van der Waals surface area contributed by atoms with Crippen LogP contribution >= 0.6 is 0 Å². The maximum absolute atomic E-state index is 13.4. The number of hydrogen-bond acceptors (Lipinski definition) is 5. The van der Waals surface area contributed by atoms with Crippen LogP contribution in [0.3, 0.4) is 0 Å². The van der Waals surface area contributed by atoms with Crippen LogP contribution in [0.5, 0.6) is 5.75 Å². The van der Waals surface area contributed by atoms with Crippen LogP contribution in [0.4, 0.5) is 4.39 Å². The van der Waals surface area contributed by atoms with Gasteiger partial charge in [0.15, 0.2) is 0 Å². The summed E-state index contributed by atoms with van der Waals surface area (Å²) in [5, 5.41) is 11.0. The number of Topliss-reactive ketones (excluding diaryl/α,β-unsaturated/α-hetero) is 1. The van der Waals surface area contributed by atoms with Crippen LogP contribution in [-0.2, 0) is 16.1 Å². The van der Waals surface area contributed by atoms with Crippen molar-refractivity contribution in [3.05, 3.63) is 89.8 Å². The Kier molecular flexibility index (Phi) is 7.06. The summed E-state index contributed by atoms with van der Waals surface area (Å²) in [4.78, 5) is 31.7. The van der Waals surface area contributed by atoms with E-state index < -0.39 is 23.5 Å². The fourth-order valence-electron chi connectivity index (χ4n) is 4.06. The van der Waals surface area contributed by atoms with Gasteiger partial charge in [-0.25, -0.2) is 9.37 Å². The van der Waals surface area contributed by atoms with Crippen LogP contribution in [0.2, 0.25) is 0 Å². The van der Waals surface area contributed by atoms with E-state index in [2.05, 4.69) is 4.98 Å². The number of imidazole rings is 1. The highest BCUT2D eigenvalue weighted by atomic mass is 19.1. The number of hydrogen-bond donors (Lipinski definition) is 1. The quantitative estimate of drug-likeness (QED) is 0.290. The molecule has 1 aliphatic heterocycles. The van der Waals surface area contributed by atoms with Crippen LogP contribution in [0, 0.1) is 5.82 Å². The maximum Gasteiger partial charge on any atom is 0.295 e. The molecule has 1 fully saturated rings. The van der Waals surface area contributed by atoms with Crippen molar-refractivity contribution in [2.45, 2.75) is 32.4 Å². The first-order valence-electron chi connectivity index (χ1n) is 11.2. The van der Waals surface area contributed by atoms with Gasteiger partial charge in [-0.05, 0) is 54.8 Å². The van der Waals surface area contributed by atoms with Gasteiger partial charge in [0, 0.05) is 31.0 Å². The van der Waals surface area contributed by atoms with Gasteiger partial charge in [0.1, 0.15) is 17.3 Å². The van der Waals surface area contributed by atoms with E-state index in [1.807, 2.05) is 23.8 Å². The lowest BCUT2D eigenvalue weighted by Gasteiger charge is -2.25. The summed E-state index contributed by atoms with van der Waals surface area (Å²) in [6.45, 7) is 3.45. The predicted octanol–water partition coefficient (Wildman–Crippen LogP) is 4.32. The zero-order chi connectivity index (χ0) is 24.1. The van der Waals surface area contributed by atoms with Gasteiger partial charge >= 0.3 is 0 Å². The number of carbonyl (C=O) groups is 2. The predicted molar refractivity (Wildman–Crippen MR) is 124 cm³/mol. The first-order valence-corrected chi connectivity index (χ1v) is 11.2. The molecule has 1 saturated heterocycles. The van der Waals surface area contributed by atoms with Gasteiger partial charge < -0.3 is 19.3 Å². The van der Waals surface area contributed by atoms with Gasteiger partial charge in [-0.15, -0.1) is 0 Å². The number of aliphatic hydroxyl groups excluding tert-OH is 1. The standard InChI is InChI=1S/C26H26FN3O4/c1-2-15-34-21-6-3-5-19(16-21)23-22(24(31)18-7-9-20(27)10-8-18)25(32)26(33)30(23)13-4-12-29-14-11-28-17-29/h3,5-11,14,16-17,23,31H,2,4,12-13,15H2,1H3/b24-22-. The van der Waals surface area contributed by atoms with Crippen LogP contribution < -0.4 is 4.74 Å². The third kappa shape index (κ3) is 4.85. The largest absolute Gasteiger partial charge is 0.507 e. The normalized spacial score (nSPS) is 17.4. The average Bonchev–Trinajstić information content (AvgIpc) is 3.45. The Morgan fingerprint density at radius 3 is 2.65 bits per heavy atom. The SMILES string of the molecule is CCCOc1cccc(C2/C(=C(/O)c3ccc(F)cc3)C(=O)C(=O)N2CCCn2ccnc2)c1. The summed E-state index contributed by atoms with van der Waals surface area (Å²) < 4.78 is 21.1. The zero-order valence-electron chi connectivity index (χ0n) is 18.9. The van der Waals surface area contributed by atoms with Crippen molar-refractivity contribution in [1.82, 2.24) is 14.5 Å². The molecule has 34 heavy (non-hydrogen) atoms. The van der Waals surface area contributed by atoms with Gasteiger partial charge in [-0.3, -0.25) is 9.59 Å². The molecule has 1 amide bonds. The Labute approximate surface area is 197 Å². The Morgan fingerprint density at radius 2 is 1.94 bits per heavy atom. The van der Waals surface area contributed by atoms with Gasteiger partial charge in [-0.1, -0.05) is 19.1 Å². The molecule has 2 aromatic carbocycles. The molecule has 0 radical (unpaired) electrons. The fraction of sp³-hybridized carbons (Fsp3) is 0.269. The number of aryl methyl sites for hydroxylation is 1. The number of carbonyl (C=O) groups excluding carboxylic acids is 2. The molecule has 3 aromatic rings. The number of ketones is 1. The molecule has 1 aromatic heterocycles. The van der Waals surface area contributed by atoms with E-state index in [1.54, 1.807) is 30.7 Å². The molecule has 1 N–H and O–H groups in total. The smallest absolute Gasteiger partial charge is 0.295 e. The number of amides is 1. The number of likely N-dealkylation sites (tertiary alicyclic amines) is 1. The van der Waals surface area contributed by atoms with Crippen LogP contribution in [0.1, 0.15) is 36.9 Å². The number of nitrogens with zero attached hydrogens (tertiary/aromatic N) is 3. The number of ether oxygens (including phenoxy) is 1. The van der Waals surface area contributed by atoms with Crippen LogP contribution in [-0.4, -0.2) is 44.4 Å². The fourth-order valence-corrected chi connectivity index (χ4v) is 4.06. The molecular formula is C26H26FN3O4. The highest BCUT2D eigenvalue weighted by Gasteiger charge is 2.45. The molecule has 1 unspecified atom stereocenters. The third-order valence-electron chi connectivity index (χ3n) is 5.68. The second-order valence-electron chi connectivity index (χ2n) is 8.07. The topological polar surface area (TPSA) is 84.7 Å². The van der Waals surface area contributed by atoms with Crippen molar-refractivity contribution in [2.75, 3.05) is 13.2 Å². The second-order valence-corrected chi connectivity index (χ2v) is 8.07. The molecule has 7 nitrogen and oxygen atoms in total. The molecule has 2 heterocycles. The molecular weight excluding hydrogens is 437 g/mol. The molecule has 0 spiro atoms. The minimum atomic E-state index is -0.794. The summed E-state index contributed by atoms with van der Waals surface area (Å²) in [6.07, 6.45) is 6.62. The van der Waals surface area contributed by atoms with Crippen molar-refractivity contribution >= 4 is 17.4 Å². The van der Waals surface area contributed by atoms with Gasteiger partial charge in [-0.2, -0.15) is 0 Å². The maximum atomic E-state index is 13.4. The van der Waals surface area contributed by atoms with Crippen molar-refractivity contribution in [2.24, 2.45) is 0 Å². The lowest BCUT2D eigenvalue weighted by Crippen LogP contribution is -2.31. The highest BCUT2D eigenvalue weighted by Crippen LogP contribution is 2.40. The summed E-state index contributed by atoms with van der Waals surface area (Å²) >= 11 is 0. The minimum Gasteiger partial charge on any atom is -0.507 e. The molecule has 8 heteroatoms. The van der Waals surface area contributed by atoms with Crippen LogP contribution in [0.15, 0.2) is 72.8 Å². The van der Waals surface area contributed by atoms with Crippen molar-refractivity contribution in [3.63, 3.8) is 0 Å². The van der Waals surface area contributed by atoms with Gasteiger partial charge in [0.05, 0.1) is 24.5 Å². The van der Waals surface area contributed by atoms with E-state index in [9.17, 15) is 19.1 Å². The average molecular weight is 464 g/mol. The zero-order valence-corrected chi connectivity index (χ0v) is 18.9. The first kappa shape index (κ1) is 23.2. The second kappa shape index (κ2) is 10.3. The van der Waals surface area contributed by atoms with Crippen LogP contribution in [0.25, 0.3) is 5.76 Å². The molecule has 176 valence electrons. The lowest BCUT2D eigenvalue weighted by atomic mass is 9.95. The summed E-state index contributed by atoms with van der Waals surface area (Å²) in [5.41, 5.74) is 0.896. The molecule has 1 atom stereocenters. The summed E-state index contributed by atoms with van der Waals surface area (Å²) in [6, 6.07) is 11.6. The summed E-state index contributed by atoms with van der Waals surface area (Å²) in [5.74, 6) is -1.63. The Bertz CT molecular complexity index is 1190. The van der Waals surface area contributed by atoms with E-state index in [0.717, 1.165) is 6.42 Å². The lowest BCUT2D eigenvalue weighted by molar-refractivity contribution is -0.139. The number of benzene rings is 2. The van der Waals surface area contributed by atoms with E-state index in [0.29, 0.717) is 37.4 Å². The molecule has 0 saturated carbocycles. The Balaban J connectivity index is 1.73. The first-order chi connectivity index (χ1) is 16.5. The number of aliphatic hydroxyl groups is 1. The van der Waals surface area contributed by atoms with Crippen molar-refractivity contribution in [3.8, 4) is 5.75 Å². The molecule has 4 rings (SSSR count). The third-order valence-corrected chi connectivity index (χ3v) is 5.68. The highest BCUT2D eigenvalue weighted by molar-refractivity contribution is 6.46. The minimum absolute atomic E-state index is 0.0214. The van der Waals surface area contributed by atoms with Crippen molar-refractivity contribution < 1.29 is 23.8 Å². The number of aromatic nitrogens is 2. The Morgan fingerprint density at radius 1 is 1.15 bits per heavy atom. The van der Waals surface area contributed by atoms with E-state index in [-0.39, 0.29) is 16.9 Å². The van der Waals surface area contributed by atoms with E-state index in [4.69, 9.17) is 4.74 Å². The summed E-state index contributed by atoms with van der Waals surface area (Å²) in [7, 11) is 0. The molecule has 0 bridgehead atoms. The molecule has 1 aliphatic rings. The number of rotatable bonds is 9. The van der Waals surface area contributed by atoms with Crippen molar-refractivity contribution in [1.29, 1.82) is 0 Å². The number of halogens is 1. The molecule has 0 aliphatic carbocycles. The van der Waals surface area contributed by atoms with Gasteiger partial charge in [0.2, 0.25) is 0 Å². The Hall–Kier alpha value is -3.94. The van der Waals surface area contributed by atoms with E-state index >= 15 is 0 Å².